The second-order valence-corrected chi connectivity index (χ2v) is 7.47. The van der Waals surface area contributed by atoms with E-state index < -0.39 is 18.2 Å². The van der Waals surface area contributed by atoms with Gasteiger partial charge in [0.15, 0.2) is 0 Å². The molecule has 0 atom stereocenters. The number of hydrogen-bond donors (Lipinski definition) is 0. The lowest BCUT2D eigenvalue weighted by molar-refractivity contribution is -0.159. The average molecular weight is 409 g/mol. The van der Waals surface area contributed by atoms with Crippen molar-refractivity contribution in [3.8, 4) is 16.5 Å². The fourth-order valence-corrected chi connectivity index (χ4v) is 3.90. The predicted molar refractivity (Wildman–Crippen MR) is 93.9 cm³/mol. The molecule has 0 aliphatic carbocycles. The number of alkyl halides is 3. The molecule has 10 heteroatoms. The highest BCUT2D eigenvalue weighted by Crippen LogP contribution is 2.35. The molecule has 3 heterocycles. The third-order valence-electron chi connectivity index (χ3n) is 4.24. The Bertz CT molecular complexity index is 1010. The fraction of sp³-hybridized carbons (Fsp3) is 0.278. The maximum absolute atomic E-state index is 12.6. The molecule has 4 rings (SSSR count). The Balaban J connectivity index is 1.48. The maximum atomic E-state index is 12.6. The van der Waals surface area contributed by atoms with Crippen LogP contribution in [0.15, 0.2) is 34.9 Å². The lowest BCUT2D eigenvalue weighted by Crippen LogP contribution is -2.37. The van der Waals surface area contributed by atoms with Crippen LogP contribution in [0.1, 0.15) is 21.9 Å². The van der Waals surface area contributed by atoms with E-state index in [2.05, 4.69) is 14.7 Å². The second kappa shape index (κ2) is 6.93. The van der Waals surface area contributed by atoms with E-state index in [0.29, 0.717) is 30.1 Å². The zero-order valence-corrected chi connectivity index (χ0v) is 15.4. The Morgan fingerprint density at radius 3 is 2.71 bits per heavy atom. The number of ether oxygens (including phenoxy) is 1. The van der Waals surface area contributed by atoms with Crippen LogP contribution in [0.25, 0.3) is 10.7 Å². The summed E-state index contributed by atoms with van der Waals surface area (Å²) in [6.07, 6.45) is -4.58. The first kappa shape index (κ1) is 18.5. The highest BCUT2D eigenvalue weighted by atomic mass is 32.1. The molecule has 3 aromatic rings. The van der Waals surface area contributed by atoms with E-state index >= 15 is 0 Å². The minimum atomic E-state index is -4.68. The van der Waals surface area contributed by atoms with Crippen LogP contribution in [0.3, 0.4) is 0 Å². The minimum Gasteiger partial charge on any atom is -0.410 e. The molecule has 28 heavy (non-hydrogen) atoms. The zero-order valence-electron chi connectivity index (χ0n) is 14.6. The quantitative estimate of drug-likeness (QED) is 0.615. The largest absolute Gasteiger partial charge is 0.471 e. The van der Waals surface area contributed by atoms with E-state index in [4.69, 9.17) is 4.74 Å². The van der Waals surface area contributed by atoms with Gasteiger partial charge in [-0.2, -0.15) is 18.2 Å². The summed E-state index contributed by atoms with van der Waals surface area (Å²) >= 11 is 1.30. The number of amides is 1. The Morgan fingerprint density at radius 1 is 1.29 bits per heavy atom. The van der Waals surface area contributed by atoms with E-state index in [1.807, 2.05) is 19.1 Å². The van der Waals surface area contributed by atoms with Crippen LogP contribution >= 0.6 is 11.3 Å². The summed E-state index contributed by atoms with van der Waals surface area (Å²) in [5.74, 6) is -1.03. The topological polar surface area (TPSA) is 68.5 Å². The molecule has 0 fully saturated rings. The molecule has 0 spiro atoms. The maximum Gasteiger partial charge on any atom is 0.471 e. The van der Waals surface area contributed by atoms with Crippen LogP contribution in [-0.4, -0.2) is 27.7 Å². The van der Waals surface area contributed by atoms with Crippen molar-refractivity contribution in [2.24, 2.45) is 0 Å². The lowest BCUT2D eigenvalue weighted by Gasteiger charge is -2.26. The van der Waals surface area contributed by atoms with Crippen molar-refractivity contribution in [1.29, 1.82) is 0 Å². The lowest BCUT2D eigenvalue weighted by atomic mass is 10.1. The number of benzene rings is 1. The van der Waals surface area contributed by atoms with Gasteiger partial charge < -0.3 is 14.2 Å². The molecule has 1 aliphatic heterocycles. The summed E-state index contributed by atoms with van der Waals surface area (Å²) in [5.41, 5.74) is 1.90. The molecule has 1 aliphatic rings. The van der Waals surface area contributed by atoms with Crippen molar-refractivity contribution in [3.05, 3.63) is 52.2 Å². The molecule has 0 radical (unpaired) electrons. The summed E-state index contributed by atoms with van der Waals surface area (Å²) in [6.45, 7) is 2.70. The number of halogens is 3. The molecular formula is C18H14F3N3O3S. The summed E-state index contributed by atoms with van der Waals surface area (Å²) in [6, 6.07) is 8.83. The van der Waals surface area contributed by atoms with Gasteiger partial charge in [0.05, 0.1) is 11.4 Å². The van der Waals surface area contributed by atoms with Gasteiger partial charge >= 0.3 is 18.2 Å². The standard InChI is InChI=1S/C18H14F3N3O3S/c1-10-2-4-12(5-3-10)26-17(25)24-7-6-13-11(9-24)8-14(28-13)15-22-16(27-23-15)18(19,20)21/h2-5,8H,6-7,9H2,1H3. The number of carbonyl (C=O) groups is 1. The SMILES string of the molecule is Cc1ccc(OC(=O)N2CCc3sc(-c4noc(C(F)(F)F)n4)cc3C2)cc1. The summed E-state index contributed by atoms with van der Waals surface area (Å²) in [7, 11) is 0. The van der Waals surface area contributed by atoms with Crippen molar-refractivity contribution in [2.45, 2.75) is 26.1 Å². The fourth-order valence-electron chi connectivity index (χ4n) is 2.81. The minimum absolute atomic E-state index is 0.111. The van der Waals surface area contributed by atoms with Gasteiger partial charge in [-0.25, -0.2) is 4.79 Å². The van der Waals surface area contributed by atoms with Crippen molar-refractivity contribution < 1.29 is 27.2 Å². The van der Waals surface area contributed by atoms with Crippen LogP contribution in [0.4, 0.5) is 18.0 Å². The molecule has 1 aromatic carbocycles. The zero-order chi connectivity index (χ0) is 19.9. The van der Waals surface area contributed by atoms with E-state index in [-0.39, 0.29) is 5.82 Å². The normalized spacial score (nSPS) is 14.1. The van der Waals surface area contributed by atoms with Crippen molar-refractivity contribution in [2.75, 3.05) is 6.54 Å². The number of carbonyl (C=O) groups excluding carboxylic acids is 1. The molecule has 0 saturated heterocycles. The Morgan fingerprint density at radius 2 is 2.04 bits per heavy atom. The van der Waals surface area contributed by atoms with Crippen molar-refractivity contribution >= 4 is 17.4 Å². The first-order valence-corrected chi connectivity index (χ1v) is 9.17. The van der Waals surface area contributed by atoms with Crippen LogP contribution in [0.2, 0.25) is 0 Å². The molecular weight excluding hydrogens is 395 g/mol. The van der Waals surface area contributed by atoms with E-state index in [0.717, 1.165) is 16.0 Å². The number of aryl methyl sites for hydroxylation is 1. The predicted octanol–water partition coefficient (Wildman–Crippen LogP) is 4.68. The van der Waals surface area contributed by atoms with Gasteiger partial charge in [0.1, 0.15) is 5.75 Å². The van der Waals surface area contributed by atoms with Gasteiger partial charge in [0, 0.05) is 11.4 Å². The highest BCUT2D eigenvalue weighted by molar-refractivity contribution is 7.15. The number of fused-ring (bicyclic) bond motifs is 1. The summed E-state index contributed by atoms with van der Waals surface area (Å²) in [5, 5.41) is 3.41. The van der Waals surface area contributed by atoms with Crippen LogP contribution in [0, 0.1) is 6.92 Å². The number of nitrogens with zero attached hydrogens (tertiary/aromatic N) is 3. The summed E-state index contributed by atoms with van der Waals surface area (Å²) < 4.78 is 47.6. The van der Waals surface area contributed by atoms with Gasteiger partial charge in [-0.15, -0.1) is 11.3 Å². The van der Waals surface area contributed by atoms with Crippen LogP contribution in [-0.2, 0) is 19.1 Å². The number of hydrogen-bond acceptors (Lipinski definition) is 6. The van der Waals surface area contributed by atoms with E-state index in [1.165, 1.54) is 11.3 Å². The van der Waals surface area contributed by atoms with Crippen molar-refractivity contribution in [3.63, 3.8) is 0 Å². The third-order valence-corrected chi connectivity index (χ3v) is 5.47. The molecule has 6 nitrogen and oxygen atoms in total. The first-order valence-electron chi connectivity index (χ1n) is 8.36. The molecule has 0 bridgehead atoms. The van der Waals surface area contributed by atoms with Crippen LogP contribution in [0.5, 0.6) is 5.75 Å². The number of rotatable bonds is 2. The monoisotopic (exact) mass is 409 g/mol. The highest BCUT2D eigenvalue weighted by Gasteiger charge is 2.38. The number of aromatic nitrogens is 2. The van der Waals surface area contributed by atoms with Gasteiger partial charge in [-0.1, -0.05) is 22.9 Å². The summed E-state index contributed by atoms with van der Waals surface area (Å²) in [4.78, 5) is 18.8. The molecule has 0 unspecified atom stereocenters. The molecule has 146 valence electrons. The van der Waals surface area contributed by atoms with Gasteiger partial charge in [0.2, 0.25) is 5.82 Å². The Labute approximate surface area is 161 Å². The Hall–Kier alpha value is -2.88. The third kappa shape index (κ3) is 3.72. The van der Waals surface area contributed by atoms with Crippen molar-refractivity contribution in [1.82, 2.24) is 15.0 Å². The van der Waals surface area contributed by atoms with E-state index in [9.17, 15) is 18.0 Å². The molecule has 1 amide bonds. The average Bonchev–Trinajstić information content (AvgIpc) is 3.29. The van der Waals surface area contributed by atoms with Gasteiger partial charge in [0.25, 0.3) is 0 Å². The smallest absolute Gasteiger partial charge is 0.410 e. The number of thiophene rings is 1. The van der Waals surface area contributed by atoms with E-state index in [1.54, 1.807) is 23.1 Å². The molecule has 2 aromatic heterocycles. The van der Waals surface area contributed by atoms with Gasteiger partial charge in [-0.3, -0.25) is 0 Å². The Kier molecular flexibility index (Phi) is 4.58. The van der Waals surface area contributed by atoms with Gasteiger partial charge in [-0.05, 0) is 37.1 Å². The first-order chi connectivity index (χ1) is 13.3. The molecule has 0 saturated carbocycles. The van der Waals surface area contributed by atoms with Crippen LogP contribution < -0.4 is 4.74 Å². The second-order valence-electron chi connectivity index (χ2n) is 6.33. The molecule has 0 N–H and O–H groups in total.